The Bertz CT molecular complexity index is 1390. The van der Waals surface area contributed by atoms with Gasteiger partial charge in [-0.05, 0) is 49.4 Å². The Balaban J connectivity index is 1.75. The molecule has 3 aromatic carbocycles. The molecule has 162 valence electrons. The predicted molar refractivity (Wildman–Crippen MR) is 128 cm³/mol. The summed E-state index contributed by atoms with van der Waals surface area (Å²) < 4.78 is 15.1. The number of carbonyl (C=O) groups is 1. The van der Waals surface area contributed by atoms with Crippen molar-refractivity contribution in [2.75, 3.05) is 5.32 Å². The molecule has 0 aliphatic carbocycles. The molecule has 0 aliphatic rings. The van der Waals surface area contributed by atoms with E-state index in [2.05, 4.69) is 10.3 Å². The predicted octanol–water partition coefficient (Wildman–Crippen LogP) is 5.95. The Hall–Kier alpha value is -2.87. The van der Waals surface area contributed by atoms with Gasteiger partial charge in [0.1, 0.15) is 5.82 Å². The third-order valence-corrected chi connectivity index (χ3v) is 6.36. The van der Waals surface area contributed by atoms with Gasteiger partial charge in [-0.1, -0.05) is 59.2 Å². The molecule has 1 N–H and O–H groups in total. The molecule has 0 bridgehead atoms. The van der Waals surface area contributed by atoms with E-state index in [1.165, 1.54) is 22.8 Å². The Morgan fingerprint density at radius 1 is 1.06 bits per heavy atom. The maximum absolute atomic E-state index is 13.7. The first-order valence-corrected chi connectivity index (χ1v) is 11.2. The van der Waals surface area contributed by atoms with Gasteiger partial charge in [-0.3, -0.25) is 14.2 Å². The highest BCUT2D eigenvalue weighted by Crippen LogP contribution is 2.28. The van der Waals surface area contributed by atoms with Crippen molar-refractivity contribution in [1.82, 2.24) is 9.55 Å². The van der Waals surface area contributed by atoms with Gasteiger partial charge in [0.25, 0.3) is 5.56 Å². The quantitative estimate of drug-likeness (QED) is 0.279. The molecule has 1 amide bonds. The molecule has 0 aliphatic heterocycles. The molecule has 1 atom stereocenters. The Kier molecular flexibility index (Phi) is 6.50. The third-order valence-electron chi connectivity index (χ3n) is 4.69. The van der Waals surface area contributed by atoms with Crippen molar-refractivity contribution in [2.45, 2.75) is 17.3 Å². The van der Waals surface area contributed by atoms with Crippen molar-refractivity contribution in [1.29, 1.82) is 0 Å². The minimum Gasteiger partial charge on any atom is -0.324 e. The van der Waals surface area contributed by atoms with Crippen LogP contribution in [0, 0.1) is 5.82 Å². The number of aromatic nitrogens is 2. The van der Waals surface area contributed by atoms with Crippen LogP contribution in [0.15, 0.2) is 76.7 Å². The summed E-state index contributed by atoms with van der Waals surface area (Å²) in [5, 5.41) is 3.12. The van der Waals surface area contributed by atoms with E-state index in [0.29, 0.717) is 27.3 Å². The monoisotopic (exact) mass is 487 g/mol. The summed E-state index contributed by atoms with van der Waals surface area (Å²) in [6.45, 7) is 1.69. The molecule has 5 nitrogen and oxygen atoms in total. The van der Waals surface area contributed by atoms with Crippen LogP contribution in [0.5, 0.6) is 0 Å². The number of thioether (sulfide) groups is 1. The number of hydrogen-bond donors (Lipinski definition) is 1. The van der Waals surface area contributed by atoms with Crippen LogP contribution < -0.4 is 10.9 Å². The van der Waals surface area contributed by atoms with Crippen molar-refractivity contribution in [3.05, 3.63) is 92.9 Å². The minimum atomic E-state index is -0.624. The third kappa shape index (κ3) is 4.50. The van der Waals surface area contributed by atoms with Crippen molar-refractivity contribution in [3.8, 4) is 5.69 Å². The topological polar surface area (TPSA) is 64.0 Å². The van der Waals surface area contributed by atoms with Crippen LogP contribution in [0.3, 0.4) is 0 Å². The fourth-order valence-corrected chi connectivity index (χ4v) is 4.34. The zero-order valence-corrected chi connectivity index (χ0v) is 19.0. The van der Waals surface area contributed by atoms with E-state index in [9.17, 15) is 14.0 Å². The molecule has 1 heterocycles. The number of nitrogens with one attached hydrogen (secondary N) is 1. The average molecular weight is 488 g/mol. The van der Waals surface area contributed by atoms with E-state index in [1.54, 1.807) is 55.5 Å². The number of para-hydroxylation sites is 2. The molecule has 0 spiro atoms. The van der Waals surface area contributed by atoms with Crippen molar-refractivity contribution >= 4 is 57.5 Å². The Morgan fingerprint density at radius 2 is 1.78 bits per heavy atom. The van der Waals surface area contributed by atoms with Gasteiger partial charge in [0.05, 0.1) is 37.6 Å². The second-order valence-corrected chi connectivity index (χ2v) is 9.00. The molecule has 0 saturated heterocycles. The lowest BCUT2D eigenvalue weighted by molar-refractivity contribution is -0.115. The molecule has 0 saturated carbocycles. The van der Waals surface area contributed by atoms with Crippen LogP contribution in [0.4, 0.5) is 10.1 Å². The molecule has 1 aromatic heterocycles. The van der Waals surface area contributed by atoms with Gasteiger partial charge < -0.3 is 5.32 Å². The summed E-state index contributed by atoms with van der Waals surface area (Å²) in [7, 11) is 0. The molecule has 0 radical (unpaired) electrons. The van der Waals surface area contributed by atoms with Gasteiger partial charge in [-0.2, -0.15) is 0 Å². The number of fused-ring (bicyclic) bond motifs is 1. The second kappa shape index (κ2) is 9.32. The fraction of sp³-hybridized carbons (Fsp3) is 0.0870. The summed E-state index contributed by atoms with van der Waals surface area (Å²) in [6, 6.07) is 17.8. The van der Waals surface area contributed by atoms with Gasteiger partial charge in [0, 0.05) is 0 Å². The van der Waals surface area contributed by atoms with Gasteiger partial charge in [0.2, 0.25) is 5.91 Å². The molecule has 4 rings (SSSR count). The normalized spacial score (nSPS) is 12.0. The van der Waals surface area contributed by atoms with Gasteiger partial charge in [0.15, 0.2) is 5.16 Å². The van der Waals surface area contributed by atoms with Crippen LogP contribution in [-0.4, -0.2) is 20.7 Å². The minimum absolute atomic E-state index is 0.122. The maximum atomic E-state index is 13.7. The number of hydrogen-bond acceptors (Lipinski definition) is 4. The second-order valence-electron chi connectivity index (χ2n) is 6.88. The number of anilines is 1. The van der Waals surface area contributed by atoms with E-state index in [4.69, 9.17) is 23.2 Å². The van der Waals surface area contributed by atoms with E-state index < -0.39 is 11.1 Å². The Labute approximate surface area is 197 Å². The molecule has 32 heavy (non-hydrogen) atoms. The first kappa shape index (κ1) is 22.3. The van der Waals surface area contributed by atoms with E-state index >= 15 is 0 Å². The highest BCUT2D eigenvalue weighted by atomic mass is 35.5. The van der Waals surface area contributed by atoms with Crippen LogP contribution in [0.25, 0.3) is 16.6 Å². The fourth-order valence-electron chi connectivity index (χ4n) is 3.05. The van der Waals surface area contributed by atoms with Crippen molar-refractivity contribution < 1.29 is 9.18 Å². The average Bonchev–Trinajstić information content (AvgIpc) is 2.77. The lowest BCUT2D eigenvalue weighted by Crippen LogP contribution is -2.26. The zero-order chi connectivity index (χ0) is 22.8. The summed E-state index contributed by atoms with van der Waals surface area (Å²) >= 11 is 13.2. The van der Waals surface area contributed by atoms with E-state index in [-0.39, 0.29) is 21.6 Å². The SMILES string of the molecule is CC(Sc1nc2ccccc2c(=O)n1-c1ccc(F)c(Cl)c1)C(=O)Nc1ccccc1Cl. The lowest BCUT2D eigenvalue weighted by Gasteiger charge is -2.17. The van der Waals surface area contributed by atoms with E-state index in [0.717, 1.165) is 11.8 Å². The molecular formula is C23H16Cl2FN3O2S. The zero-order valence-electron chi connectivity index (χ0n) is 16.7. The first-order chi connectivity index (χ1) is 15.3. The largest absolute Gasteiger partial charge is 0.324 e. The van der Waals surface area contributed by atoms with Crippen LogP contribution in [0.2, 0.25) is 10.0 Å². The summed E-state index contributed by atoms with van der Waals surface area (Å²) in [6.07, 6.45) is 0. The smallest absolute Gasteiger partial charge is 0.266 e. The molecule has 4 aromatic rings. The number of carbonyl (C=O) groups excluding carboxylic acids is 1. The maximum Gasteiger partial charge on any atom is 0.266 e. The first-order valence-electron chi connectivity index (χ1n) is 9.54. The number of benzene rings is 3. The molecular weight excluding hydrogens is 472 g/mol. The van der Waals surface area contributed by atoms with Gasteiger partial charge >= 0.3 is 0 Å². The van der Waals surface area contributed by atoms with Gasteiger partial charge in [-0.15, -0.1) is 0 Å². The van der Waals surface area contributed by atoms with E-state index in [1.807, 2.05) is 0 Å². The van der Waals surface area contributed by atoms with Crippen molar-refractivity contribution in [2.24, 2.45) is 0 Å². The number of amides is 1. The van der Waals surface area contributed by atoms with Crippen molar-refractivity contribution in [3.63, 3.8) is 0 Å². The number of nitrogens with zero attached hydrogens (tertiary/aromatic N) is 2. The Morgan fingerprint density at radius 3 is 2.53 bits per heavy atom. The summed E-state index contributed by atoms with van der Waals surface area (Å²) in [4.78, 5) is 30.7. The van der Waals surface area contributed by atoms with Crippen LogP contribution in [0.1, 0.15) is 6.92 Å². The summed E-state index contributed by atoms with van der Waals surface area (Å²) in [5.74, 6) is -0.909. The molecule has 9 heteroatoms. The molecule has 1 unspecified atom stereocenters. The standard InChI is InChI=1S/C23H16Cl2FN3O2S/c1-13(21(30)27-20-9-5-3-7-16(20)24)32-23-28-19-8-4-2-6-15(19)22(31)29(23)14-10-11-18(26)17(25)12-14/h2-13H,1H3,(H,27,30). The summed E-state index contributed by atoms with van der Waals surface area (Å²) in [5.41, 5.74) is 0.976. The lowest BCUT2D eigenvalue weighted by atomic mass is 10.2. The van der Waals surface area contributed by atoms with Gasteiger partial charge in [-0.25, -0.2) is 9.37 Å². The van der Waals surface area contributed by atoms with Crippen LogP contribution >= 0.6 is 35.0 Å². The number of halogens is 3. The number of rotatable bonds is 5. The highest BCUT2D eigenvalue weighted by Gasteiger charge is 2.21. The highest BCUT2D eigenvalue weighted by molar-refractivity contribution is 8.00. The molecule has 0 fully saturated rings. The van der Waals surface area contributed by atoms with Crippen LogP contribution in [-0.2, 0) is 4.79 Å².